The van der Waals surface area contributed by atoms with Gasteiger partial charge in [-0.15, -0.1) is 0 Å². The van der Waals surface area contributed by atoms with Crippen molar-refractivity contribution in [3.8, 4) is 17.3 Å². The lowest BCUT2D eigenvalue weighted by Crippen LogP contribution is -2.37. The van der Waals surface area contributed by atoms with Gasteiger partial charge >= 0.3 is 6.18 Å². The van der Waals surface area contributed by atoms with E-state index in [-0.39, 0.29) is 17.5 Å². The third-order valence-corrected chi connectivity index (χ3v) is 6.09. The smallest absolute Gasteiger partial charge is 0.378 e. The first-order valence-corrected chi connectivity index (χ1v) is 12.2. The molecule has 1 saturated heterocycles. The molecule has 208 valence electrons. The minimum Gasteiger partial charge on any atom is -0.378 e. The predicted molar refractivity (Wildman–Crippen MR) is 141 cm³/mol. The van der Waals surface area contributed by atoms with Crippen molar-refractivity contribution in [1.29, 1.82) is 0 Å². The highest BCUT2D eigenvalue weighted by atomic mass is 19.4. The highest BCUT2D eigenvalue weighted by Gasteiger charge is 2.31. The molecule has 14 heteroatoms. The second kappa shape index (κ2) is 10.9. The summed E-state index contributed by atoms with van der Waals surface area (Å²) in [6, 6.07) is 9.65. The first-order valence-electron chi connectivity index (χ1n) is 12.2. The number of anilines is 4. The summed E-state index contributed by atoms with van der Waals surface area (Å²) in [6.07, 6.45) is -2.08. The maximum absolute atomic E-state index is 14.5. The van der Waals surface area contributed by atoms with Crippen LogP contribution in [0.4, 0.5) is 40.4 Å². The minimum absolute atomic E-state index is 0.0490. The number of nitrogens with one attached hydrogen (secondary N) is 1. The molecule has 0 bridgehead atoms. The van der Waals surface area contributed by atoms with E-state index in [9.17, 15) is 22.4 Å². The van der Waals surface area contributed by atoms with E-state index in [1.165, 1.54) is 18.3 Å². The molecule has 0 amide bonds. The van der Waals surface area contributed by atoms with Gasteiger partial charge in [0, 0.05) is 44.6 Å². The second-order valence-electron chi connectivity index (χ2n) is 9.13. The monoisotopic (exact) mass is 556 g/mol. The number of aromatic nitrogens is 5. The van der Waals surface area contributed by atoms with Crippen LogP contribution in [0.1, 0.15) is 5.56 Å². The normalized spacial score (nSPS) is 13.8. The summed E-state index contributed by atoms with van der Waals surface area (Å²) in [6.45, 7) is 1.73. The molecule has 0 radical (unpaired) electrons. The van der Waals surface area contributed by atoms with Crippen LogP contribution in [-0.4, -0.2) is 65.1 Å². The van der Waals surface area contributed by atoms with Crippen LogP contribution in [0.3, 0.4) is 0 Å². The Morgan fingerprint density at radius 3 is 2.38 bits per heavy atom. The maximum Gasteiger partial charge on any atom is 0.416 e. The average Bonchev–Trinajstić information content (AvgIpc) is 2.94. The third-order valence-electron chi connectivity index (χ3n) is 6.09. The van der Waals surface area contributed by atoms with Crippen LogP contribution in [0.2, 0.25) is 0 Å². The number of hydrogen-bond acceptors (Lipinski definition) is 9. The molecule has 1 N–H and O–H groups in total. The summed E-state index contributed by atoms with van der Waals surface area (Å²) in [4.78, 5) is 28.4. The lowest BCUT2D eigenvalue weighted by Gasteiger charge is -2.28. The van der Waals surface area contributed by atoms with Crippen LogP contribution in [0.5, 0.6) is 0 Å². The maximum atomic E-state index is 14.5. The number of ether oxygens (including phenoxy) is 1. The topological polar surface area (TPSA) is 101 Å². The summed E-state index contributed by atoms with van der Waals surface area (Å²) in [5, 5.41) is 7.26. The number of morpholine rings is 1. The first kappa shape index (κ1) is 27.0. The molecule has 0 saturated carbocycles. The van der Waals surface area contributed by atoms with Gasteiger partial charge in [0.1, 0.15) is 5.69 Å². The van der Waals surface area contributed by atoms with Gasteiger partial charge in [-0.1, -0.05) is 0 Å². The van der Waals surface area contributed by atoms with E-state index >= 15 is 0 Å². The molecule has 1 aliphatic heterocycles. The predicted octanol–water partition coefficient (Wildman–Crippen LogP) is 3.89. The van der Waals surface area contributed by atoms with Gasteiger partial charge in [0.2, 0.25) is 0 Å². The fourth-order valence-corrected chi connectivity index (χ4v) is 4.03. The summed E-state index contributed by atoms with van der Waals surface area (Å²) in [5.74, 6) is -0.680. The zero-order valence-corrected chi connectivity index (χ0v) is 21.5. The van der Waals surface area contributed by atoms with E-state index in [0.717, 1.165) is 23.0 Å². The molecular formula is C26H24F4N8O2. The molecule has 0 unspecified atom stereocenters. The first-order chi connectivity index (χ1) is 19.1. The van der Waals surface area contributed by atoms with Crippen molar-refractivity contribution in [2.24, 2.45) is 0 Å². The fourth-order valence-electron chi connectivity index (χ4n) is 4.03. The molecular weight excluding hydrogens is 532 g/mol. The number of hydrogen-bond donors (Lipinski definition) is 1. The van der Waals surface area contributed by atoms with Crippen LogP contribution in [-0.2, 0) is 10.9 Å². The summed E-state index contributed by atoms with van der Waals surface area (Å²) < 4.78 is 60.9. The average molecular weight is 557 g/mol. The van der Waals surface area contributed by atoms with Gasteiger partial charge in [-0.25, -0.2) is 9.37 Å². The Morgan fingerprint density at radius 2 is 1.70 bits per heavy atom. The Labute approximate surface area is 225 Å². The second-order valence-corrected chi connectivity index (χ2v) is 9.13. The van der Waals surface area contributed by atoms with Crippen LogP contribution in [0.25, 0.3) is 17.3 Å². The number of benzene rings is 1. The van der Waals surface area contributed by atoms with Gasteiger partial charge in [0.05, 0.1) is 42.6 Å². The van der Waals surface area contributed by atoms with Crippen molar-refractivity contribution in [2.45, 2.75) is 6.18 Å². The van der Waals surface area contributed by atoms with Crippen molar-refractivity contribution in [3.63, 3.8) is 0 Å². The van der Waals surface area contributed by atoms with E-state index in [4.69, 9.17) is 4.74 Å². The van der Waals surface area contributed by atoms with Crippen molar-refractivity contribution in [2.75, 3.05) is 55.5 Å². The minimum atomic E-state index is -4.50. The molecule has 3 aromatic heterocycles. The van der Waals surface area contributed by atoms with E-state index in [1.54, 1.807) is 42.1 Å². The Bertz CT molecular complexity index is 1570. The number of halogens is 4. The van der Waals surface area contributed by atoms with Gasteiger partial charge in [-0.2, -0.15) is 27.9 Å². The van der Waals surface area contributed by atoms with Crippen LogP contribution in [0, 0.1) is 5.82 Å². The van der Waals surface area contributed by atoms with E-state index in [1.807, 2.05) is 0 Å². The third kappa shape index (κ3) is 5.86. The number of alkyl halides is 3. The van der Waals surface area contributed by atoms with Crippen molar-refractivity contribution in [1.82, 2.24) is 24.7 Å². The van der Waals surface area contributed by atoms with Crippen LogP contribution >= 0.6 is 0 Å². The van der Waals surface area contributed by atoms with Gasteiger partial charge in [0.25, 0.3) is 11.5 Å². The van der Waals surface area contributed by atoms with E-state index in [2.05, 4.69) is 25.4 Å². The molecule has 4 heterocycles. The quantitative estimate of drug-likeness (QED) is 0.355. The molecule has 1 aliphatic rings. The molecule has 10 nitrogen and oxygen atoms in total. The van der Waals surface area contributed by atoms with Crippen molar-refractivity contribution < 1.29 is 22.3 Å². The van der Waals surface area contributed by atoms with Gasteiger partial charge < -0.3 is 19.9 Å². The highest BCUT2D eigenvalue weighted by molar-refractivity contribution is 5.67. The molecule has 1 aromatic carbocycles. The largest absolute Gasteiger partial charge is 0.416 e. The lowest BCUT2D eigenvalue weighted by molar-refractivity contribution is -0.137. The zero-order valence-electron chi connectivity index (χ0n) is 21.5. The highest BCUT2D eigenvalue weighted by Crippen LogP contribution is 2.35. The molecule has 4 aromatic rings. The van der Waals surface area contributed by atoms with E-state index in [0.29, 0.717) is 49.1 Å². The summed E-state index contributed by atoms with van der Waals surface area (Å²) >= 11 is 0. The van der Waals surface area contributed by atoms with Gasteiger partial charge in [0.15, 0.2) is 11.6 Å². The van der Waals surface area contributed by atoms with Crippen molar-refractivity contribution in [3.05, 3.63) is 76.6 Å². The number of rotatable bonds is 6. The molecule has 0 aliphatic carbocycles. The van der Waals surface area contributed by atoms with Crippen LogP contribution < -0.4 is 20.7 Å². The van der Waals surface area contributed by atoms with E-state index < -0.39 is 23.1 Å². The standard InChI is InChI=1S/C26H24F4N8O2/c1-36(2)19-12-16(26(28,29)30)11-18(13-19)33-17-3-4-21(31-14-17)22-5-6-23(39)38(35-22)25-32-15-20(27)24(34-25)37-7-9-40-10-8-37/h3-6,11-15,33H,7-10H2,1-2H3. The lowest BCUT2D eigenvalue weighted by atomic mass is 10.1. The van der Waals surface area contributed by atoms with Gasteiger partial charge in [-0.3, -0.25) is 9.78 Å². The Kier molecular flexibility index (Phi) is 7.34. The molecule has 40 heavy (non-hydrogen) atoms. The molecule has 1 fully saturated rings. The van der Waals surface area contributed by atoms with Crippen molar-refractivity contribution >= 4 is 22.9 Å². The Morgan fingerprint density at radius 1 is 0.950 bits per heavy atom. The zero-order chi connectivity index (χ0) is 28.4. The van der Waals surface area contributed by atoms with Crippen LogP contribution in [0.15, 0.2) is 59.7 Å². The SMILES string of the molecule is CN(C)c1cc(Nc2ccc(-c3ccc(=O)n(-c4ncc(F)c(N5CCOCC5)n4)n3)nc2)cc(C(F)(F)F)c1. The summed E-state index contributed by atoms with van der Waals surface area (Å²) in [5.41, 5.74) is 0.448. The molecule has 5 rings (SSSR count). The number of nitrogens with zero attached hydrogens (tertiary/aromatic N) is 7. The molecule has 0 atom stereocenters. The Balaban J connectivity index is 1.41. The van der Waals surface area contributed by atoms with Gasteiger partial charge in [-0.05, 0) is 36.4 Å². The fraction of sp³-hybridized carbons (Fsp3) is 0.269. The summed E-state index contributed by atoms with van der Waals surface area (Å²) in [7, 11) is 3.31. The number of pyridine rings is 1. The Hall–Kier alpha value is -4.59. The molecule has 0 spiro atoms.